The first-order chi connectivity index (χ1) is 10.9. The first-order valence-corrected chi connectivity index (χ1v) is 6.81. The number of amides is 1. The van der Waals surface area contributed by atoms with Gasteiger partial charge in [0, 0.05) is 12.7 Å². The van der Waals surface area contributed by atoms with Crippen molar-refractivity contribution in [1.29, 1.82) is 0 Å². The third-order valence-electron chi connectivity index (χ3n) is 3.09. The monoisotopic (exact) mass is 319 g/mol. The highest BCUT2D eigenvalue weighted by Gasteiger charge is 2.35. The molecule has 1 atom stereocenters. The minimum atomic E-state index is -1.52. The number of hydrogen-bond donors (Lipinski definition) is 2. The van der Waals surface area contributed by atoms with E-state index in [1.807, 2.05) is 30.3 Å². The number of ether oxygens (including phenoxy) is 1. The molecule has 1 aromatic carbocycles. The summed E-state index contributed by atoms with van der Waals surface area (Å²) in [5.74, 6) is -1.36. The summed E-state index contributed by atoms with van der Waals surface area (Å²) >= 11 is 0. The van der Waals surface area contributed by atoms with Crippen molar-refractivity contribution in [2.45, 2.75) is 19.0 Å². The fraction of sp³-hybridized carbons (Fsp3) is 0.357. The summed E-state index contributed by atoms with van der Waals surface area (Å²) in [6, 6.07) is 9.19. The van der Waals surface area contributed by atoms with Crippen LogP contribution in [0, 0.1) is 0 Å². The second kappa shape index (κ2) is 6.97. The molecule has 0 radical (unpaired) electrons. The summed E-state index contributed by atoms with van der Waals surface area (Å²) in [4.78, 5) is 24.3. The molecule has 23 heavy (non-hydrogen) atoms. The lowest BCUT2D eigenvalue weighted by atomic mass is 10.0. The fourth-order valence-corrected chi connectivity index (χ4v) is 1.93. The molecule has 122 valence electrons. The summed E-state index contributed by atoms with van der Waals surface area (Å²) < 4.78 is 4.84. The summed E-state index contributed by atoms with van der Waals surface area (Å²) in [6.07, 6.45) is 0. The number of carboxylic acids is 1. The normalized spacial score (nSPS) is 13.3. The van der Waals surface area contributed by atoms with Crippen LogP contribution < -0.4 is 5.32 Å². The van der Waals surface area contributed by atoms with Gasteiger partial charge in [-0.05, 0) is 12.1 Å². The minimum absolute atomic E-state index is 0.159. The molecule has 1 unspecified atom stereocenters. The van der Waals surface area contributed by atoms with Gasteiger partial charge in [0.15, 0.2) is 5.54 Å². The van der Waals surface area contributed by atoms with Crippen molar-refractivity contribution >= 4 is 11.9 Å². The number of tetrazole rings is 1. The lowest BCUT2D eigenvalue weighted by Gasteiger charge is -2.24. The van der Waals surface area contributed by atoms with Gasteiger partial charge in [0.1, 0.15) is 6.54 Å². The Morgan fingerprint density at radius 2 is 2.04 bits per heavy atom. The molecular weight excluding hydrogens is 302 g/mol. The predicted molar refractivity (Wildman–Crippen MR) is 79.3 cm³/mol. The molecule has 0 aliphatic heterocycles. The molecule has 9 nitrogen and oxygen atoms in total. The van der Waals surface area contributed by atoms with Crippen molar-refractivity contribution in [3.05, 3.63) is 30.3 Å². The molecule has 0 spiro atoms. The molecule has 1 amide bonds. The smallest absolute Gasteiger partial charge is 0.331 e. The quantitative estimate of drug-likeness (QED) is 0.734. The van der Waals surface area contributed by atoms with E-state index in [1.165, 1.54) is 14.0 Å². The van der Waals surface area contributed by atoms with E-state index in [4.69, 9.17) is 4.74 Å². The number of benzene rings is 1. The molecule has 0 fully saturated rings. The number of methoxy groups -OCH3 is 1. The summed E-state index contributed by atoms with van der Waals surface area (Å²) in [5.41, 5.74) is -0.747. The maximum absolute atomic E-state index is 12.0. The summed E-state index contributed by atoms with van der Waals surface area (Å²) in [7, 11) is 1.36. The van der Waals surface area contributed by atoms with Crippen molar-refractivity contribution in [3.63, 3.8) is 0 Å². The first-order valence-electron chi connectivity index (χ1n) is 6.81. The lowest BCUT2D eigenvalue weighted by molar-refractivity contribution is -0.149. The predicted octanol–water partition coefficient (Wildman–Crippen LogP) is -0.0540. The molecule has 1 aromatic heterocycles. The van der Waals surface area contributed by atoms with E-state index in [0.29, 0.717) is 5.82 Å². The number of aromatic nitrogens is 4. The molecule has 9 heteroatoms. The number of aliphatic carboxylic acids is 1. The van der Waals surface area contributed by atoms with Crippen LogP contribution in [0.25, 0.3) is 11.4 Å². The fourth-order valence-electron chi connectivity index (χ4n) is 1.93. The largest absolute Gasteiger partial charge is 0.479 e. The molecule has 0 saturated heterocycles. The van der Waals surface area contributed by atoms with Crippen LogP contribution in [0.4, 0.5) is 0 Å². The van der Waals surface area contributed by atoms with Crippen molar-refractivity contribution in [1.82, 2.24) is 25.5 Å². The van der Waals surface area contributed by atoms with Crippen molar-refractivity contribution in [2.24, 2.45) is 0 Å². The van der Waals surface area contributed by atoms with Gasteiger partial charge in [0.25, 0.3) is 0 Å². The molecule has 0 bridgehead atoms. The number of carbonyl (C=O) groups excluding carboxylic acids is 1. The zero-order chi connectivity index (χ0) is 16.9. The van der Waals surface area contributed by atoms with Gasteiger partial charge in [-0.1, -0.05) is 30.3 Å². The summed E-state index contributed by atoms with van der Waals surface area (Å²) in [6.45, 7) is 0.960. The van der Waals surface area contributed by atoms with Crippen LogP contribution in [0.5, 0.6) is 0 Å². The minimum Gasteiger partial charge on any atom is -0.479 e. The van der Waals surface area contributed by atoms with Gasteiger partial charge in [-0.3, -0.25) is 4.79 Å². The number of nitrogens with zero attached hydrogens (tertiary/aromatic N) is 4. The van der Waals surface area contributed by atoms with Crippen LogP contribution in [0.15, 0.2) is 30.3 Å². The first kappa shape index (κ1) is 16.6. The van der Waals surface area contributed by atoms with E-state index in [2.05, 4.69) is 20.7 Å². The molecule has 1 heterocycles. The Hall–Kier alpha value is -2.81. The second-order valence-corrected chi connectivity index (χ2v) is 5.13. The Kier molecular flexibility index (Phi) is 5.02. The van der Waals surface area contributed by atoms with Crippen LogP contribution in [-0.2, 0) is 20.9 Å². The Morgan fingerprint density at radius 1 is 1.35 bits per heavy atom. The molecule has 2 aromatic rings. The highest BCUT2D eigenvalue weighted by molar-refractivity contribution is 5.86. The van der Waals surface area contributed by atoms with E-state index >= 15 is 0 Å². The van der Waals surface area contributed by atoms with Crippen molar-refractivity contribution in [2.75, 3.05) is 13.7 Å². The standard InChI is InChI=1S/C14H17N5O4/c1-14(9-23-2,13(21)22)15-11(20)8-19-17-12(16-18-19)10-6-4-3-5-7-10/h3-7H,8-9H2,1-2H3,(H,15,20)(H,21,22). The van der Waals surface area contributed by atoms with Gasteiger partial charge >= 0.3 is 5.97 Å². The second-order valence-electron chi connectivity index (χ2n) is 5.13. The van der Waals surface area contributed by atoms with E-state index in [-0.39, 0.29) is 13.2 Å². The summed E-state index contributed by atoms with van der Waals surface area (Å²) in [5, 5.41) is 23.3. The molecule has 0 aliphatic rings. The molecule has 2 rings (SSSR count). The van der Waals surface area contributed by atoms with Gasteiger partial charge in [-0.25, -0.2) is 4.79 Å². The Bertz CT molecular complexity index is 687. The van der Waals surface area contributed by atoms with Gasteiger partial charge in [-0.2, -0.15) is 4.80 Å². The highest BCUT2D eigenvalue weighted by Crippen LogP contribution is 2.11. The van der Waals surface area contributed by atoms with Crippen LogP contribution in [0.1, 0.15) is 6.92 Å². The molecular formula is C14H17N5O4. The Balaban J connectivity index is 2.04. The van der Waals surface area contributed by atoms with Gasteiger partial charge in [-0.15, -0.1) is 10.2 Å². The Labute approximate surface area is 132 Å². The highest BCUT2D eigenvalue weighted by atomic mass is 16.5. The Morgan fingerprint density at radius 3 is 2.65 bits per heavy atom. The van der Waals surface area contributed by atoms with Crippen LogP contribution in [-0.4, -0.2) is 56.4 Å². The SMILES string of the molecule is COCC(C)(NC(=O)Cn1nnc(-c2ccccc2)n1)C(=O)O. The average molecular weight is 319 g/mol. The third-order valence-corrected chi connectivity index (χ3v) is 3.09. The van der Waals surface area contributed by atoms with Gasteiger partial charge < -0.3 is 15.2 Å². The molecule has 2 N–H and O–H groups in total. The zero-order valence-corrected chi connectivity index (χ0v) is 12.8. The zero-order valence-electron chi connectivity index (χ0n) is 12.8. The average Bonchev–Trinajstić information content (AvgIpc) is 2.96. The third kappa shape index (κ3) is 4.10. The maximum Gasteiger partial charge on any atom is 0.331 e. The number of hydrogen-bond acceptors (Lipinski definition) is 6. The maximum atomic E-state index is 12.0. The van der Waals surface area contributed by atoms with E-state index < -0.39 is 17.4 Å². The van der Waals surface area contributed by atoms with E-state index in [1.54, 1.807) is 0 Å². The van der Waals surface area contributed by atoms with Crippen LogP contribution in [0.2, 0.25) is 0 Å². The molecule has 0 aliphatic carbocycles. The van der Waals surface area contributed by atoms with E-state index in [0.717, 1.165) is 10.4 Å². The van der Waals surface area contributed by atoms with Crippen molar-refractivity contribution < 1.29 is 19.4 Å². The number of carboxylic acid groups (broad SMARTS) is 1. The number of nitrogens with one attached hydrogen (secondary N) is 1. The van der Waals surface area contributed by atoms with Gasteiger partial charge in [0.05, 0.1) is 6.61 Å². The van der Waals surface area contributed by atoms with E-state index in [9.17, 15) is 14.7 Å². The number of carbonyl (C=O) groups is 2. The number of rotatable bonds is 7. The van der Waals surface area contributed by atoms with Gasteiger partial charge in [0.2, 0.25) is 11.7 Å². The van der Waals surface area contributed by atoms with Crippen LogP contribution >= 0.6 is 0 Å². The van der Waals surface area contributed by atoms with Crippen molar-refractivity contribution in [3.8, 4) is 11.4 Å². The van der Waals surface area contributed by atoms with Crippen LogP contribution in [0.3, 0.4) is 0 Å². The molecule has 0 saturated carbocycles. The lowest BCUT2D eigenvalue weighted by Crippen LogP contribution is -2.56. The topological polar surface area (TPSA) is 119 Å².